The summed E-state index contributed by atoms with van der Waals surface area (Å²) in [5, 5.41) is 149. The van der Waals surface area contributed by atoms with Gasteiger partial charge >= 0.3 is 56.9 Å². The summed E-state index contributed by atoms with van der Waals surface area (Å²) in [5.41, 5.74) is -22.6. The maximum atomic E-state index is 12.8. The Morgan fingerprint density at radius 1 is 0.344 bits per heavy atom. The fraction of sp³-hybridized carbons (Fsp3) is 0.0980. The smallest absolute Gasteiger partial charge is 0.259 e. The van der Waals surface area contributed by atoms with Gasteiger partial charge in [-0.3, -0.25) is 121 Å². The molecule has 0 aliphatic heterocycles. The number of aromatic nitrogens is 6. The largest absolute Gasteiger partial charge is 0.346 e. The number of nitro groups is 12. The van der Waals surface area contributed by atoms with E-state index in [4.69, 9.17) is 29.9 Å². The second-order valence-electron chi connectivity index (χ2n) is 19.6. The van der Waals surface area contributed by atoms with Gasteiger partial charge in [-0.05, 0) is 61.3 Å². The Balaban J connectivity index is 1.50. The van der Waals surface area contributed by atoms with Crippen molar-refractivity contribution in [3.05, 3.63) is 259 Å². The van der Waals surface area contributed by atoms with Gasteiger partial charge in [-0.1, -0.05) is 6.08 Å². The van der Waals surface area contributed by atoms with Gasteiger partial charge in [0.15, 0.2) is 0 Å². The first-order chi connectivity index (χ1) is 44.0. The molecule has 3 heterocycles. The number of fused-ring (bicyclic) bond motifs is 6. The fourth-order valence-corrected chi connectivity index (χ4v) is 10.2. The molecule has 0 radical (unpaired) electrons. The average molecular weight is 1270 g/mol. The Morgan fingerprint density at radius 3 is 0.978 bits per heavy atom. The lowest BCUT2D eigenvalue weighted by molar-refractivity contribution is -0.463. The molecule has 0 fully saturated rings. The van der Waals surface area contributed by atoms with Gasteiger partial charge in [0.25, 0.3) is 11.4 Å². The van der Waals surface area contributed by atoms with Gasteiger partial charge < -0.3 is 0 Å². The number of allylic oxidation sites excluding steroid dienone is 6. The van der Waals surface area contributed by atoms with Crippen LogP contribution in [-0.4, -0.2) is 89.0 Å². The Labute approximate surface area is 507 Å². The summed E-state index contributed by atoms with van der Waals surface area (Å²) >= 11 is 0. The zero-order valence-corrected chi connectivity index (χ0v) is 45.6. The van der Waals surface area contributed by atoms with Gasteiger partial charge in [-0.2, -0.15) is 0 Å². The molecular weight excluding hydrogens is 1250 g/mol. The number of hydrogen-bond donors (Lipinski definition) is 0. The van der Waals surface area contributed by atoms with Crippen LogP contribution in [0, 0.1) is 121 Å². The number of hydrogen-bond acceptors (Lipinski definition) is 30. The number of nitrogens with zero attached hydrogens (tertiary/aromatic N) is 18. The first-order valence-corrected chi connectivity index (χ1v) is 25.6. The van der Waals surface area contributed by atoms with E-state index >= 15 is 0 Å². The predicted octanol–water partition coefficient (Wildman–Crippen LogP) is 10.1. The molecule has 1 atom stereocenters. The third-order valence-electron chi connectivity index (χ3n) is 14.3. The molecule has 10 rings (SSSR count). The highest BCUT2D eigenvalue weighted by Crippen LogP contribution is 2.46. The van der Waals surface area contributed by atoms with Crippen molar-refractivity contribution in [2.75, 3.05) is 0 Å². The number of benzene rings is 5. The van der Waals surface area contributed by atoms with Crippen LogP contribution >= 0.6 is 0 Å². The van der Waals surface area contributed by atoms with E-state index in [1.807, 2.05) is 0 Å². The van der Waals surface area contributed by atoms with Crippen molar-refractivity contribution < 1.29 is 59.1 Å². The van der Waals surface area contributed by atoms with Crippen LogP contribution in [0.1, 0.15) is 43.0 Å². The van der Waals surface area contributed by atoms with E-state index < -0.39 is 236 Å². The summed E-state index contributed by atoms with van der Waals surface area (Å²) in [6.07, 6.45) is 2.43. The maximum absolute atomic E-state index is 12.8. The molecule has 0 amide bonds. The first kappa shape index (κ1) is 61.7. The van der Waals surface area contributed by atoms with E-state index in [0.717, 1.165) is 48.6 Å². The van der Waals surface area contributed by atoms with Crippen LogP contribution in [-0.2, 0) is 0 Å². The van der Waals surface area contributed by atoms with Gasteiger partial charge in [-0.15, -0.1) is 0 Å². The second-order valence-corrected chi connectivity index (χ2v) is 19.6. The van der Waals surface area contributed by atoms with E-state index in [1.54, 1.807) is 0 Å². The molecule has 0 saturated heterocycles. The fourth-order valence-electron chi connectivity index (χ4n) is 10.2. The normalized spacial score (nSPS) is 15.1. The van der Waals surface area contributed by atoms with Crippen molar-refractivity contribution in [2.45, 2.75) is 31.6 Å². The van der Waals surface area contributed by atoms with Gasteiger partial charge in [0.1, 0.15) is 39.5 Å². The summed E-state index contributed by atoms with van der Waals surface area (Å²) in [5.74, 6) is -1.48. The van der Waals surface area contributed by atoms with Gasteiger partial charge in [-0.25, -0.2) is 29.9 Å². The number of rotatable bonds is 18. The van der Waals surface area contributed by atoms with Crippen molar-refractivity contribution in [3.8, 4) is 45.0 Å². The Hall–Kier alpha value is -14.4. The molecular formula is C51H26N18O24. The Bertz CT molecular complexity index is 5060. The van der Waals surface area contributed by atoms with Crippen LogP contribution in [0.5, 0.6) is 0 Å². The highest BCUT2D eigenvalue weighted by Gasteiger charge is 2.37. The van der Waals surface area contributed by atoms with E-state index in [0.29, 0.717) is 54.6 Å². The molecule has 8 aromatic rings. The van der Waals surface area contributed by atoms with Crippen LogP contribution < -0.4 is 0 Å². The zero-order valence-electron chi connectivity index (χ0n) is 45.6. The summed E-state index contributed by atoms with van der Waals surface area (Å²) in [6.45, 7) is 0. The summed E-state index contributed by atoms with van der Waals surface area (Å²) in [7, 11) is 0. The summed E-state index contributed by atoms with van der Waals surface area (Å²) in [4.78, 5) is 164. The average Bonchev–Trinajstić information content (AvgIpc) is 0.745. The molecule has 0 saturated carbocycles. The Morgan fingerprint density at radius 2 is 0.667 bits per heavy atom. The third kappa shape index (κ3) is 11.4. The zero-order chi connectivity index (χ0) is 67.3. The van der Waals surface area contributed by atoms with Gasteiger partial charge in [0.05, 0.1) is 93.2 Å². The first-order valence-electron chi connectivity index (χ1n) is 25.6. The highest BCUT2D eigenvalue weighted by atomic mass is 16.7. The molecule has 5 aromatic carbocycles. The minimum Gasteiger partial charge on any atom is -0.259 e. The van der Waals surface area contributed by atoms with Crippen molar-refractivity contribution in [1.29, 1.82) is 0 Å². The molecule has 0 spiro atoms. The van der Waals surface area contributed by atoms with E-state index in [9.17, 15) is 121 Å². The lowest BCUT2D eigenvalue weighted by Crippen LogP contribution is -2.14. The molecule has 93 heavy (non-hydrogen) atoms. The molecule has 464 valence electrons. The lowest BCUT2D eigenvalue weighted by atomic mass is 9.90. The summed E-state index contributed by atoms with van der Waals surface area (Å²) < 4.78 is 0. The topological polar surface area (TPSA) is 595 Å². The van der Waals surface area contributed by atoms with Crippen molar-refractivity contribution in [2.24, 2.45) is 0 Å². The van der Waals surface area contributed by atoms with E-state index in [1.165, 1.54) is 0 Å². The SMILES string of the molecule is O=[N+]([O-])C1=C([N+](=O)[O-])C=C(c2nc3c4nc(-c5ccc([N+](=O)[O-])c([N+](=O)[O-])c5)c(-c5ccc([N+](=O)[O-])c([N+](=O)[O-])c5)nc4c4nc(-c5ccc([N+](=O)[O-])c([N+](=O)[O-])c5)c(-c5ccc([N+](=O)[O-])c([N+](=O)[O-])c5)nc4c3nc2C2/C=C(/[N+](=O)[O-])C/C([N+](=O)[O-])=C\CC2)CC=C1. The molecule has 0 N–H and O–H groups in total. The van der Waals surface area contributed by atoms with Crippen molar-refractivity contribution >= 4 is 84.2 Å². The minimum atomic E-state index is -1.48. The van der Waals surface area contributed by atoms with Crippen molar-refractivity contribution in [1.82, 2.24) is 29.9 Å². The quantitative estimate of drug-likeness (QED) is 0.0437. The summed E-state index contributed by atoms with van der Waals surface area (Å²) in [6, 6.07) is 8.59. The minimum absolute atomic E-state index is 0.280. The van der Waals surface area contributed by atoms with Crippen molar-refractivity contribution in [3.63, 3.8) is 0 Å². The molecule has 0 bridgehead atoms. The highest BCUT2D eigenvalue weighted by molar-refractivity contribution is 6.20. The monoisotopic (exact) mass is 1270 g/mol. The molecule has 42 heteroatoms. The van der Waals surface area contributed by atoms with Crippen LogP contribution in [0.4, 0.5) is 45.5 Å². The standard InChI is InChI=1S/C51H26N18O24/c70-58(71)28-5-1-3-22(15-29(21-28)59(72)73)40-41(23-4-2-6-30(60(74)75)35(16-23)65(84)85)53-47-46(52-40)48-50(56-44(26-9-13-33(63(80)81)38(19-26)68(90)91)42(54-48)24-7-11-31(61(76)77)36(17-24)66(86)87)51-49(47)55-43(25-8-12-32(62(78)79)37(18-25)67(88)89)45(57-51)27-10-14-34(64(82)83)39(20-27)69(92)93/h2,5-20,22H,1,3-4,21H2/b28-5+,29-15+. The van der Waals surface area contributed by atoms with Gasteiger partial charge in [0.2, 0.25) is 0 Å². The van der Waals surface area contributed by atoms with Crippen LogP contribution in [0.2, 0.25) is 0 Å². The predicted molar refractivity (Wildman–Crippen MR) is 310 cm³/mol. The molecule has 42 nitrogen and oxygen atoms in total. The van der Waals surface area contributed by atoms with Gasteiger partial charge in [0, 0.05) is 88.9 Å². The molecule has 3 aromatic heterocycles. The molecule has 2 aliphatic carbocycles. The molecule has 1 unspecified atom stereocenters. The van der Waals surface area contributed by atoms with Crippen LogP contribution in [0.3, 0.4) is 0 Å². The second kappa shape index (κ2) is 23.7. The Kier molecular flexibility index (Phi) is 15.7. The van der Waals surface area contributed by atoms with E-state index in [-0.39, 0.29) is 18.4 Å². The third-order valence-corrected chi connectivity index (χ3v) is 14.3. The van der Waals surface area contributed by atoms with Crippen LogP contribution in [0.15, 0.2) is 126 Å². The number of nitro benzene ring substituents is 8. The lowest BCUT2D eigenvalue weighted by Gasteiger charge is -2.20. The van der Waals surface area contributed by atoms with E-state index in [2.05, 4.69) is 0 Å². The maximum Gasteiger partial charge on any atom is 0.346 e. The molecule has 2 aliphatic rings. The van der Waals surface area contributed by atoms with Crippen LogP contribution in [0.25, 0.3) is 83.7 Å².